The number of ether oxygens (including phenoxy) is 1. The van der Waals surface area contributed by atoms with Crippen molar-refractivity contribution in [2.75, 3.05) is 6.61 Å². The van der Waals surface area contributed by atoms with Crippen molar-refractivity contribution in [1.29, 1.82) is 0 Å². The zero-order chi connectivity index (χ0) is 15.1. The van der Waals surface area contributed by atoms with Gasteiger partial charge in [0.2, 0.25) is 0 Å². The summed E-state index contributed by atoms with van der Waals surface area (Å²) < 4.78 is 5.59. The van der Waals surface area contributed by atoms with Gasteiger partial charge < -0.3 is 15.6 Å². The van der Waals surface area contributed by atoms with E-state index in [1.807, 2.05) is 0 Å². The van der Waals surface area contributed by atoms with E-state index in [-0.39, 0.29) is 0 Å². The molecule has 1 atom stereocenters. The van der Waals surface area contributed by atoms with Crippen LogP contribution in [0.15, 0.2) is 12.1 Å². The largest absolute Gasteiger partial charge is 0.492 e. The van der Waals surface area contributed by atoms with Crippen LogP contribution in [0.2, 0.25) is 10.0 Å². The van der Waals surface area contributed by atoms with Crippen LogP contribution in [0.4, 0.5) is 0 Å². The summed E-state index contributed by atoms with van der Waals surface area (Å²) in [4.78, 5) is 10.7. The Labute approximate surface area is 128 Å². The van der Waals surface area contributed by atoms with Crippen LogP contribution in [0.1, 0.15) is 31.7 Å². The predicted molar refractivity (Wildman–Crippen MR) is 80.8 cm³/mol. The molecule has 0 fully saturated rings. The van der Waals surface area contributed by atoms with Crippen molar-refractivity contribution in [3.05, 3.63) is 27.7 Å². The van der Waals surface area contributed by atoms with Crippen LogP contribution >= 0.6 is 23.2 Å². The molecule has 1 rings (SSSR count). The molecule has 3 N–H and O–H groups in total. The van der Waals surface area contributed by atoms with Gasteiger partial charge in [0.1, 0.15) is 16.8 Å². The Bertz CT molecular complexity index is 466. The van der Waals surface area contributed by atoms with Crippen molar-refractivity contribution in [3.8, 4) is 5.75 Å². The summed E-state index contributed by atoms with van der Waals surface area (Å²) in [5.74, 6) is -0.476. The van der Waals surface area contributed by atoms with Crippen molar-refractivity contribution in [2.45, 2.75) is 38.6 Å². The minimum absolute atomic E-state index is 0.335. The summed E-state index contributed by atoms with van der Waals surface area (Å²) in [6.45, 7) is 2.65. The first-order valence-corrected chi connectivity index (χ1v) is 7.30. The fourth-order valence-electron chi connectivity index (χ4n) is 1.64. The molecule has 0 bridgehead atoms. The molecule has 0 radical (unpaired) electrons. The van der Waals surface area contributed by atoms with E-state index in [1.54, 1.807) is 12.1 Å². The van der Waals surface area contributed by atoms with Gasteiger partial charge in [-0.15, -0.1) is 0 Å². The lowest BCUT2D eigenvalue weighted by atomic mass is 10.1. The molecule has 0 aromatic heterocycles. The fraction of sp³-hybridized carbons (Fsp3) is 0.500. The van der Waals surface area contributed by atoms with Crippen LogP contribution in [0.3, 0.4) is 0 Å². The van der Waals surface area contributed by atoms with Crippen molar-refractivity contribution in [2.24, 2.45) is 5.73 Å². The summed E-state index contributed by atoms with van der Waals surface area (Å²) >= 11 is 12.1. The zero-order valence-corrected chi connectivity index (χ0v) is 12.9. The Hall–Kier alpha value is -0.970. The van der Waals surface area contributed by atoms with Crippen LogP contribution in [0.25, 0.3) is 0 Å². The Balaban J connectivity index is 2.74. The van der Waals surface area contributed by atoms with E-state index in [0.717, 1.165) is 18.4 Å². The lowest BCUT2D eigenvalue weighted by Gasteiger charge is -2.12. The number of rotatable bonds is 8. The van der Waals surface area contributed by atoms with Gasteiger partial charge >= 0.3 is 5.97 Å². The number of hydrogen-bond donors (Lipinski definition) is 2. The molecule has 1 aromatic rings. The topological polar surface area (TPSA) is 72.5 Å². The third kappa shape index (κ3) is 5.19. The maximum Gasteiger partial charge on any atom is 0.320 e. The van der Waals surface area contributed by atoms with Gasteiger partial charge in [0.05, 0.1) is 11.6 Å². The molecule has 112 valence electrons. The van der Waals surface area contributed by atoms with Gasteiger partial charge in [0.15, 0.2) is 0 Å². The van der Waals surface area contributed by atoms with Crippen molar-refractivity contribution < 1.29 is 14.6 Å². The minimum Gasteiger partial charge on any atom is -0.492 e. The van der Waals surface area contributed by atoms with Gasteiger partial charge in [0.25, 0.3) is 0 Å². The van der Waals surface area contributed by atoms with E-state index in [9.17, 15) is 4.79 Å². The van der Waals surface area contributed by atoms with Gasteiger partial charge in [-0.1, -0.05) is 36.5 Å². The second-order valence-corrected chi connectivity index (χ2v) is 5.36. The van der Waals surface area contributed by atoms with E-state index in [1.165, 1.54) is 0 Å². The Morgan fingerprint density at radius 3 is 2.75 bits per heavy atom. The number of carboxylic acid groups (broad SMARTS) is 1. The monoisotopic (exact) mass is 319 g/mol. The molecular formula is C14H19Cl2NO3. The molecule has 1 aromatic carbocycles. The fourth-order valence-corrected chi connectivity index (χ4v) is 2.04. The summed E-state index contributed by atoms with van der Waals surface area (Å²) in [7, 11) is 0. The molecule has 4 nitrogen and oxygen atoms in total. The molecule has 0 saturated carbocycles. The number of hydrogen-bond acceptors (Lipinski definition) is 3. The first-order valence-electron chi connectivity index (χ1n) is 6.54. The molecule has 0 amide bonds. The van der Waals surface area contributed by atoms with E-state index >= 15 is 0 Å². The molecule has 0 aliphatic heterocycles. The highest BCUT2D eigenvalue weighted by molar-refractivity contribution is 6.43. The summed E-state index contributed by atoms with van der Waals surface area (Å²) in [5.41, 5.74) is 6.34. The summed E-state index contributed by atoms with van der Waals surface area (Å²) in [5, 5.41) is 9.55. The SMILES string of the molecule is CCCCOc1cc(CC[C@H](N)C(=O)O)cc(Cl)c1Cl. The predicted octanol–water partition coefficient (Wildman–Crippen LogP) is 3.52. The standard InChI is InChI=1S/C14H19Cl2NO3/c1-2-3-6-20-12-8-9(7-10(15)13(12)16)4-5-11(17)14(18)19/h7-8,11H,2-6,17H2,1H3,(H,18,19)/t11-/m0/s1. The van der Waals surface area contributed by atoms with Crippen LogP contribution in [0.5, 0.6) is 5.75 Å². The molecule has 6 heteroatoms. The number of carbonyl (C=O) groups is 1. The zero-order valence-electron chi connectivity index (χ0n) is 11.4. The average Bonchev–Trinajstić information content (AvgIpc) is 2.41. The van der Waals surface area contributed by atoms with Gasteiger partial charge in [-0.25, -0.2) is 0 Å². The smallest absolute Gasteiger partial charge is 0.320 e. The first-order chi connectivity index (χ1) is 9.45. The number of unbranched alkanes of at least 4 members (excludes halogenated alkanes) is 1. The van der Waals surface area contributed by atoms with E-state index in [2.05, 4.69) is 6.92 Å². The normalized spacial score (nSPS) is 12.2. The highest BCUT2D eigenvalue weighted by Gasteiger charge is 2.13. The molecule has 0 spiro atoms. The molecule has 0 saturated heterocycles. The first kappa shape index (κ1) is 17.1. The second-order valence-electron chi connectivity index (χ2n) is 4.58. The van der Waals surface area contributed by atoms with Gasteiger partial charge in [-0.05, 0) is 37.0 Å². The van der Waals surface area contributed by atoms with Gasteiger partial charge in [-0.2, -0.15) is 0 Å². The summed E-state index contributed by atoms with van der Waals surface area (Å²) in [6.07, 6.45) is 2.80. The highest BCUT2D eigenvalue weighted by atomic mass is 35.5. The van der Waals surface area contributed by atoms with E-state index < -0.39 is 12.0 Å². The Morgan fingerprint density at radius 2 is 2.15 bits per heavy atom. The third-order valence-corrected chi connectivity index (χ3v) is 3.66. The molecule has 20 heavy (non-hydrogen) atoms. The number of carboxylic acids is 1. The lowest BCUT2D eigenvalue weighted by Crippen LogP contribution is -2.30. The van der Waals surface area contributed by atoms with Crippen LogP contribution in [-0.2, 0) is 11.2 Å². The number of halogens is 2. The number of benzene rings is 1. The molecule has 0 heterocycles. The van der Waals surface area contributed by atoms with Crippen LogP contribution < -0.4 is 10.5 Å². The van der Waals surface area contributed by atoms with Crippen LogP contribution in [0, 0.1) is 0 Å². The maximum absolute atomic E-state index is 10.7. The Kier molecular flexibility index (Phi) is 7.13. The molecule has 0 unspecified atom stereocenters. The Morgan fingerprint density at radius 1 is 1.45 bits per heavy atom. The number of aryl methyl sites for hydroxylation is 1. The third-order valence-electron chi connectivity index (χ3n) is 2.87. The van der Waals surface area contributed by atoms with E-state index in [0.29, 0.717) is 35.2 Å². The summed E-state index contributed by atoms with van der Waals surface area (Å²) in [6, 6.07) is 2.62. The minimum atomic E-state index is -1.01. The van der Waals surface area contributed by atoms with E-state index in [4.69, 9.17) is 38.8 Å². The van der Waals surface area contributed by atoms with Crippen molar-refractivity contribution >= 4 is 29.2 Å². The molecule has 0 aliphatic rings. The van der Waals surface area contributed by atoms with Crippen molar-refractivity contribution in [1.82, 2.24) is 0 Å². The molecule has 0 aliphatic carbocycles. The highest BCUT2D eigenvalue weighted by Crippen LogP contribution is 2.34. The van der Waals surface area contributed by atoms with Crippen molar-refractivity contribution in [3.63, 3.8) is 0 Å². The number of aliphatic carboxylic acids is 1. The van der Waals surface area contributed by atoms with Gasteiger partial charge in [0, 0.05) is 0 Å². The number of nitrogens with two attached hydrogens (primary N) is 1. The molecular weight excluding hydrogens is 301 g/mol. The van der Waals surface area contributed by atoms with Crippen LogP contribution in [-0.4, -0.2) is 23.7 Å². The van der Waals surface area contributed by atoms with Gasteiger partial charge in [-0.3, -0.25) is 4.79 Å². The maximum atomic E-state index is 10.7. The average molecular weight is 320 g/mol. The quantitative estimate of drug-likeness (QED) is 0.719. The second kappa shape index (κ2) is 8.35. The lowest BCUT2D eigenvalue weighted by molar-refractivity contribution is -0.138.